The van der Waals surface area contributed by atoms with E-state index in [0.29, 0.717) is 23.8 Å². The van der Waals surface area contributed by atoms with Crippen molar-refractivity contribution in [2.45, 2.75) is 53.0 Å². The molecule has 1 aromatic carbocycles. The Labute approximate surface area is 202 Å². The minimum Gasteiger partial charge on any atom is -0.462 e. The number of hydrogen-bond donors (Lipinski definition) is 2. The Kier molecular flexibility index (Phi) is 7.09. The van der Waals surface area contributed by atoms with Crippen molar-refractivity contribution in [2.75, 3.05) is 17.2 Å². The van der Waals surface area contributed by atoms with Gasteiger partial charge in [0.15, 0.2) is 5.11 Å². The fourth-order valence-corrected chi connectivity index (χ4v) is 5.67. The molecule has 6 nitrogen and oxygen atoms in total. The van der Waals surface area contributed by atoms with Gasteiger partial charge in [-0.25, -0.2) is 9.18 Å². The molecule has 2 N–H and O–H groups in total. The molecule has 0 fully saturated rings. The van der Waals surface area contributed by atoms with Gasteiger partial charge in [0.05, 0.1) is 35.8 Å². The summed E-state index contributed by atoms with van der Waals surface area (Å²) < 4.78 is 20.4. The molecule has 0 bridgehead atoms. The quantitative estimate of drug-likeness (QED) is 0.349. The predicted molar refractivity (Wildman–Crippen MR) is 134 cm³/mol. The fourth-order valence-electron chi connectivity index (χ4n) is 4.12. The van der Waals surface area contributed by atoms with E-state index in [0.717, 1.165) is 58.9 Å². The first kappa shape index (κ1) is 23.4. The standard InChI is InChI=1S/C24H27FN4O2S2/c1-4-31-23(30)20-18-7-5-6-8-19(18)33-22(20)27-24(32)26-21-14(2)28-29(15(21)3)13-16-9-11-17(25)12-10-16/h9-12H,4-8,13H2,1-3H3,(H2,26,27,32). The highest BCUT2D eigenvalue weighted by molar-refractivity contribution is 7.80. The molecule has 0 atom stereocenters. The summed E-state index contributed by atoms with van der Waals surface area (Å²) >= 11 is 7.18. The number of halogens is 1. The molecule has 0 aliphatic heterocycles. The molecule has 4 rings (SSSR count). The molecular formula is C24H27FN4O2S2. The van der Waals surface area contributed by atoms with Gasteiger partial charge in [-0.3, -0.25) is 4.68 Å². The summed E-state index contributed by atoms with van der Waals surface area (Å²) in [5, 5.41) is 12.2. The van der Waals surface area contributed by atoms with Crippen molar-refractivity contribution in [3.05, 3.63) is 63.0 Å². The van der Waals surface area contributed by atoms with Crippen LogP contribution in [0.25, 0.3) is 0 Å². The van der Waals surface area contributed by atoms with Crippen molar-refractivity contribution in [3.8, 4) is 0 Å². The van der Waals surface area contributed by atoms with Crippen molar-refractivity contribution >= 4 is 45.3 Å². The van der Waals surface area contributed by atoms with Crippen LogP contribution in [0.3, 0.4) is 0 Å². The third-order valence-corrected chi connectivity index (χ3v) is 7.15. The lowest BCUT2D eigenvalue weighted by molar-refractivity contribution is 0.0526. The smallest absolute Gasteiger partial charge is 0.341 e. The number of carbonyl (C=O) groups is 1. The zero-order valence-corrected chi connectivity index (χ0v) is 20.6. The van der Waals surface area contributed by atoms with E-state index < -0.39 is 0 Å². The maximum atomic E-state index is 13.2. The third kappa shape index (κ3) is 5.09. The van der Waals surface area contributed by atoms with Crippen molar-refractivity contribution in [3.63, 3.8) is 0 Å². The van der Waals surface area contributed by atoms with Crippen molar-refractivity contribution in [1.29, 1.82) is 0 Å². The van der Waals surface area contributed by atoms with E-state index in [2.05, 4.69) is 15.7 Å². The summed E-state index contributed by atoms with van der Waals surface area (Å²) in [4.78, 5) is 13.9. The summed E-state index contributed by atoms with van der Waals surface area (Å²) in [5.41, 5.74) is 5.19. The largest absolute Gasteiger partial charge is 0.462 e. The number of esters is 1. The van der Waals surface area contributed by atoms with E-state index in [1.165, 1.54) is 17.0 Å². The summed E-state index contributed by atoms with van der Waals surface area (Å²) in [6.45, 7) is 6.54. The zero-order valence-electron chi connectivity index (χ0n) is 19.0. The number of nitrogens with zero attached hydrogens (tertiary/aromatic N) is 2. The van der Waals surface area contributed by atoms with Gasteiger partial charge >= 0.3 is 5.97 Å². The number of anilines is 2. The van der Waals surface area contributed by atoms with E-state index in [1.807, 2.05) is 25.5 Å². The number of carbonyl (C=O) groups excluding carboxylic acids is 1. The molecule has 0 spiro atoms. The van der Waals surface area contributed by atoms with Crippen LogP contribution in [-0.2, 0) is 24.1 Å². The van der Waals surface area contributed by atoms with Crippen LogP contribution in [0.15, 0.2) is 24.3 Å². The molecule has 3 aromatic rings. The number of rotatable bonds is 6. The Morgan fingerprint density at radius 3 is 2.67 bits per heavy atom. The van der Waals surface area contributed by atoms with Crippen LogP contribution in [0.4, 0.5) is 15.1 Å². The molecule has 1 aliphatic carbocycles. The highest BCUT2D eigenvalue weighted by Gasteiger charge is 2.27. The molecule has 0 amide bonds. The molecule has 0 saturated carbocycles. The van der Waals surface area contributed by atoms with E-state index in [4.69, 9.17) is 17.0 Å². The summed E-state index contributed by atoms with van der Waals surface area (Å²) in [5.74, 6) is -0.565. The number of thiophene rings is 1. The van der Waals surface area contributed by atoms with Gasteiger partial charge in [0, 0.05) is 4.88 Å². The number of hydrogen-bond acceptors (Lipinski definition) is 5. The SMILES string of the molecule is CCOC(=O)c1c(NC(=S)Nc2c(C)nn(Cc3ccc(F)cc3)c2C)sc2c1CCCC2. The molecule has 0 radical (unpaired) electrons. The van der Waals surface area contributed by atoms with Crippen molar-refractivity contribution < 1.29 is 13.9 Å². The van der Waals surface area contributed by atoms with Gasteiger partial charge in [0.1, 0.15) is 10.8 Å². The maximum Gasteiger partial charge on any atom is 0.341 e. The number of benzene rings is 1. The number of ether oxygens (including phenoxy) is 1. The van der Waals surface area contributed by atoms with Crippen molar-refractivity contribution in [2.24, 2.45) is 0 Å². The number of aryl methyl sites for hydroxylation is 2. The first-order valence-electron chi connectivity index (χ1n) is 11.1. The fraction of sp³-hybridized carbons (Fsp3) is 0.375. The normalized spacial score (nSPS) is 12.8. The molecule has 1 aliphatic rings. The van der Waals surface area contributed by atoms with E-state index in [9.17, 15) is 9.18 Å². The van der Waals surface area contributed by atoms with E-state index >= 15 is 0 Å². The minimum absolute atomic E-state index is 0.261. The van der Waals surface area contributed by atoms with Crippen LogP contribution >= 0.6 is 23.6 Å². The van der Waals surface area contributed by atoms with Crippen LogP contribution in [0.2, 0.25) is 0 Å². The van der Waals surface area contributed by atoms with Crippen LogP contribution in [-0.4, -0.2) is 27.5 Å². The van der Waals surface area contributed by atoms with Crippen LogP contribution in [0.1, 0.15) is 57.5 Å². The molecule has 0 unspecified atom stereocenters. The van der Waals surface area contributed by atoms with Gasteiger partial charge in [-0.15, -0.1) is 11.3 Å². The molecule has 9 heteroatoms. The topological polar surface area (TPSA) is 68.2 Å². The number of thiocarbonyl (C=S) groups is 1. The maximum absolute atomic E-state index is 13.2. The summed E-state index contributed by atoms with van der Waals surface area (Å²) in [7, 11) is 0. The summed E-state index contributed by atoms with van der Waals surface area (Å²) in [6, 6.07) is 6.39. The first-order chi connectivity index (χ1) is 15.9. The second kappa shape index (κ2) is 10.0. The Morgan fingerprint density at radius 2 is 1.94 bits per heavy atom. The molecule has 2 heterocycles. The highest BCUT2D eigenvalue weighted by Crippen LogP contribution is 2.38. The lowest BCUT2D eigenvalue weighted by atomic mass is 9.95. The Hall–Kier alpha value is -2.78. The third-order valence-electron chi connectivity index (χ3n) is 5.74. The molecule has 33 heavy (non-hydrogen) atoms. The van der Waals surface area contributed by atoms with Crippen LogP contribution < -0.4 is 10.6 Å². The van der Waals surface area contributed by atoms with E-state index in [-0.39, 0.29) is 11.8 Å². The summed E-state index contributed by atoms with van der Waals surface area (Å²) in [6.07, 6.45) is 4.06. The number of fused-ring (bicyclic) bond motifs is 1. The Morgan fingerprint density at radius 1 is 1.21 bits per heavy atom. The molecular weight excluding hydrogens is 459 g/mol. The molecule has 2 aromatic heterocycles. The van der Waals surface area contributed by atoms with Crippen LogP contribution in [0, 0.1) is 19.7 Å². The van der Waals surface area contributed by atoms with Crippen molar-refractivity contribution in [1.82, 2.24) is 9.78 Å². The van der Waals surface area contributed by atoms with Gasteiger partial charge in [-0.2, -0.15) is 5.10 Å². The Balaban J connectivity index is 1.53. The number of aromatic nitrogens is 2. The van der Waals surface area contributed by atoms with Gasteiger partial charge in [0.25, 0.3) is 0 Å². The monoisotopic (exact) mass is 486 g/mol. The van der Waals surface area contributed by atoms with E-state index in [1.54, 1.807) is 23.5 Å². The highest BCUT2D eigenvalue weighted by atomic mass is 32.1. The first-order valence-corrected chi connectivity index (χ1v) is 12.3. The lowest BCUT2D eigenvalue weighted by Gasteiger charge is -2.13. The predicted octanol–water partition coefficient (Wildman–Crippen LogP) is 5.61. The Bertz CT molecular complexity index is 1180. The van der Waals surface area contributed by atoms with Gasteiger partial charge in [0.2, 0.25) is 0 Å². The average molecular weight is 487 g/mol. The molecule has 174 valence electrons. The second-order valence-corrected chi connectivity index (χ2v) is 9.56. The lowest BCUT2D eigenvalue weighted by Crippen LogP contribution is -2.21. The van der Waals surface area contributed by atoms with Gasteiger partial charge in [-0.1, -0.05) is 12.1 Å². The van der Waals surface area contributed by atoms with Crippen LogP contribution in [0.5, 0.6) is 0 Å². The average Bonchev–Trinajstić information content (AvgIpc) is 3.27. The van der Waals surface area contributed by atoms with Gasteiger partial charge in [-0.05, 0) is 81.9 Å². The second-order valence-electron chi connectivity index (χ2n) is 8.04. The molecule has 0 saturated heterocycles. The minimum atomic E-state index is -0.304. The zero-order chi connectivity index (χ0) is 23.5. The number of nitrogens with one attached hydrogen (secondary N) is 2. The van der Waals surface area contributed by atoms with Gasteiger partial charge < -0.3 is 15.4 Å².